The summed E-state index contributed by atoms with van der Waals surface area (Å²) in [5.74, 6) is -4.75. The van der Waals surface area contributed by atoms with E-state index in [2.05, 4.69) is 10.1 Å². The summed E-state index contributed by atoms with van der Waals surface area (Å²) in [6.07, 6.45) is -5.23. The van der Waals surface area contributed by atoms with Gasteiger partial charge in [-0.05, 0) is 23.7 Å². The van der Waals surface area contributed by atoms with Crippen molar-refractivity contribution in [2.75, 3.05) is 14.1 Å². The maximum Gasteiger partial charge on any atom is 0.416 e. The highest BCUT2D eigenvalue weighted by molar-refractivity contribution is 6.38. The highest BCUT2D eigenvalue weighted by Crippen LogP contribution is 2.71. The van der Waals surface area contributed by atoms with Crippen LogP contribution >= 0.6 is 34.8 Å². The van der Waals surface area contributed by atoms with Crippen molar-refractivity contribution in [1.29, 1.82) is 5.26 Å². The third-order valence-electron chi connectivity index (χ3n) is 4.83. The minimum Gasteiger partial charge on any atom is -0.369 e. The van der Waals surface area contributed by atoms with Crippen LogP contribution in [-0.2, 0) is 11.6 Å². The molecule has 1 aromatic carbocycles. The largest absolute Gasteiger partial charge is 0.416 e. The van der Waals surface area contributed by atoms with Crippen molar-refractivity contribution in [1.82, 2.24) is 14.7 Å². The molecule has 3 rings (SSSR count). The smallest absolute Gasteiger partial charge is 0.369 e. The van der Waals surface area contributed by atoms with Gasteiger partial charge in [-0.15, -0.1) is 0 Å². The van der Waals surface area contributed by atoms with Crippen LogP contribution in [0.5, 0.6) is 0 Å². The molecule has 5 nitrogen and oxygen atoms in total. The first-order valence-electron chi connectivity index (χ1n) is 8.73. The normalized spacial score (nSPS) is 20.2. The van der Waals surface area contributed by atoms with Gasteiger partial charge in [0.2, 0.25) is 0 Å². The predicted octanol–water partition coefficient (Wildman–Crippen LogP) is 6.40. The summed E-state index contributed by atoms with van der Waals surface area (Å²) in [4.78, 5) is 5.18. The Morgan fingerprint density at radius 2 is 1.70 bits per heavy atom. The molecule has 0 aliphatic heterocycles. The molecular weight excluding hydrogens is 526 g/mol. The Kier molecular flexibility index (Phi) is 6.10. The first-order valence-corrected chi connectivity index (χ1v) is 9.86. The Balaban J connectivity index is 2.41. The van der Waals surface area contributed by atoms with Crippen molar-refractivity contribution >= 4 is 47.0 Å². The van der Waals surface area contributed by atoms with Crippen LogP contribution in [-0.4, -0.2) is 46.4 Å². The van der Waals surface area contributed by atoms with Crippen molar-refractivity contribution in [3.8, 4) is 11.8 Å². The van der Waals surface area contributed by atoms with Crippen LogP contribution in [0.15, 0.2) is 17.1 Å². The number of alkyl halides is 8. The SMILES string of the molecule is CN(C)C=Nc1c(C2(C(F)(F)Cl)CC2(F)F)c(C#N)nn1-c1c(Cl)cc(C(F)(F)F)cc1Cl. The summed E-state index contributed by atoms with van der Waals surface area (Å²) in [5.41, 5.74) is -6.94. The summed E-state index contributed by atoms with van der Waals surface area (Å²) in [5, 5.41) is 7.35. The molecule has 1 fully saturated rings. The van der Waals surface area contributed by atoms with Gasteiger partial charge < -0.3 is 4.90 Å². The van der Waals surface area contributed by atoms with E-state index in [1.54, 1.807) is 0 Å². The van der Waals surface area contributed by atoms with Crippen molar-refractivity contribution in [2.24, 2.45) is 4.99 Å². The van der Waals surface area contributed by atoms with Crippen LogP contribution in [0, 0.1) is 11.3 Å². The summed E-state index contributed by atoms with van der Waals surface area (Å²) in [7, 11) is 2.93. The van der Waals surface area contributed by atoms with Crippen molar-refractivity contribution < 1.29 is 30.7 Å². The van der Waals surface area contributed by atoms with Gasteiger partial charge in [0.15, 0.2) is 11.5 Å². The molecule has 0 saturated heterocycles. The van der Waals surface area contributed by atoms with Gasteiger partial charge in [0.25, 0.3) is 5.92 Å². The molecule has 0 N–H and O–H groups in total. The molecule has 0 bridgehead atoms. The zero-order chi connectivity index (χ0) is 25.1. The fourth-order valence-electron chi connectivity index (χ4n) is 3.27. The molecule has 1 unspecified atom stereocenters. The Morgan fingerprint density at radius 1 is 1.18 bits per heavy atom. The van der Waals surface area contributed by atoms with E-state index in [1.807, 2.05) is 0 Å². The first-order chi connectivity index (χ1) is 15.0. The Hall–Kier alpha value is -2.23. The quantitative estimate of drug-likeness (QED) is 0.192. The van der Waals surface area contributed by atoms with Crippen LogP contribution in [0.3, 0.4) is 0 Å². The molecule has 15 heteroatoms. The number of halogens is 10. The minimum atomic E-state index is -4.83. The van der Waals surface area contributed by atoms with Crippen molar-refractivity contribution in [3.63, 3.8) is 0 Å². The second kappa shape index (κ2) is 7.92. The van der Waals surface area contributed by atoms with Crippen molar-refractivity contribution in [3.05, 3.63) is 39.0 Å². The standard InChI is InChI=1S/C18H11Cl3F7N5/c1-32(2)7-30-14-12(15(18(21,27)28)6-16(15,22)23)11(5-29)31-33(14)13-9(19)3-8(4-10(13)20)17(24,25)26/h3-4,7H,6H2,1-2H3. The monoisotopic (exact) mass is 535 g/mol. The lowest BCUT2D eigenvalue weighted by Crippen LogP contribution is -2.34. The summed E-state index contributed by atoms with van der Waals surface area (Å²) >= 11 is 17.0. The zero-order valence-corrected chi connectivity index (χ0v) is 18.7. The fourth-order valence-corrected chi connectivity index (χ4v) is 4.21. The van der Waals surface area contributed by atoms with Gasteiger partial charge in [-0.3, -0.25) is 0 Å². The number of hydrogen-bond acceptors (Lipinski definition) is 3. The topological polar surface area (TPSA) is 57.2 Å². The van der Waals surface area contributed by atoms with Gasteiger partial charge in [-0.1, -0.05) is 23.2 Å². The van der Waals surface area contributed by atoms with Crippen LogP contribution in [0.2, 0.25) is 10.0 Å². The van der Waals surface area contributed by atoms with Gasteiger partial charge in [-0.2, -0.15) is 32.3 Å². The molecule has 2 aromatic rings. The van der Waals surface area contributed by atoms with E-state index >= 15 is 0 Å². The second-order valence-electron chi connectivity index (χ2n) is 7.35. The highest BCUT2D eigenvalue weighted by Gasteiger charge is 2.84. The molecule has 1 aliphatic rings. The van der Waals surface area contributed by atoms with E-state index in [9.17, 15) is 36.0 Å². The maximum atomic E-state index is 14.3. The van der Waals surface area contributed by atoms with E-state index < -0.39 is 67.7 Å². The lowest BCUT2D eigenvalue weighted by molar-refractivity contribution is -0.137. The lowest BCUT2D eigenvalue weighted by atomic mass is 9.94. The number of rotatable bonds is 5. The zero-order valence-electron chi connectivity index (χ0n) is 16.5. The van der Waals surface area contributed by atoms with E-state index in [0.717, 1.165) is 6.34 Å². The average molecular weight is 537 g/mol. The first kappa shape index (κ1) is 25.4. The van der Waals surface area contributed by atoms with Crippen LogP contribution in [0.4, 0.5) is 36.6 Å². The number of nitriles is 1. The van der Waals surface area contributed by atoms with Gasteiger partial charge in [-0.25, -0.2) is 18.5 Å². The molecule has 1 atom stereocenters. The van der Waals surface area contributed by atoms with Gasteiger partial charge in [0.05, 0.1) is 27.5 Å². The summed E-state index contributed by atoms with van der Waals surface area (Å²) in [6, 6.07) is 2.39. The third-order valence-corrected chi connectivity index (χ3v) is 5.73. The molecule has 1 saturated carbocycles. The minimum absolute atomic E-state index is 0.479. The lowest BCUT2D eigenvalue weighted by Gasteiger charge is -2.22. The third kappa shape index (κ3) is 4.11. The Bertz CT molecular complexity index is 1150. The average Bonchev–Trinajstić information content (AvgIpc) is 3.07. The van der Waals surface area contributed by atoms with E-state index in [1.165, 1.54) is 25.1 Å². The number of aliphatic imine (C=N–C) groups is 1. The fraction of sp³-hybridized carbons (Fsp3) is 0.389. The molecule has 1 aromatic heterocycles. The van der Waals surface area contributed by atoms with Crippen LogP contribution in [0.1, 0.15) is 23.2 Å². The highest BCUT2D eigenvalue weighted by atomic mass is 35.5. The van der Waals surface area contributed by atoms with Crippen LogP contribution < -0.4 is 0 Å². The van der Waals surface area contributed by atoms with Crippen molar-refractivity contribution in [2.45, 2.75) is 29.3 Å². The van der Waals surface area contributed by atoms with Gasteiger partial charge in [0, 0.05) is 20.5 Å². The number of hydrogen-bond donors (Lipinski definition) is 0. The summed E-state index contributed by atoms with van der Waals surface area (Å²) < 4.78 is 97.1. The number of benzene rings is 1. The predicted molar refractivity (Wildman–Crippen MR) is 107 cm³/mol. The second-order valence-corrected chi connectivity index (χ2v) is 8.64. The Morgan fingerprint density at radius 3 is 2.06 bits per heavy atom. The number of nitrogens with zero attached hydrogens (tertiary/aromatic N) is 5. The molecule has 1 heterocycles. The Labute approximate surface area is 196 Å². The van der Waals surface area contributed by atoms with Gasteiger partial charge in [0.1, 0.15) is 17.2 Å². The maximum absolute atomic E-state index is 14.3. The van der Waals surface area contributed by atoms with E-state index in [-0.39, 0.29) is 0 Å². The number of aromatic nitrogens is 2. The molecule has 178 valence electrons. The van der Waals surface area contributed by atoms with E-state index in [4.69, 9.17) is 34.8 Å². The van der Waals surface area contributed by atoms with Crippen LogP contribution in [0.25, 0.3) is 5.69 Å². The molecule has 0 amide bonds. The van der Waals surface area contributed by atoms with E-state index in [0.29, 0.717) is 16.8 Å². The molecule has 33 heavy (non-hydrogen) atoms. The molecule has 0 radical (unpaired) electrons. The molecule has 0 spiro atoms. The summed E-state index contributed by atoms with van der Waals surface area (Å²) in [6.45, 7) is 0. The molecule has 1 aliphatic carbocycles. The van der Waals surface area contributed by atoms with Gasteiger partial charge >= 0.3 is 11.6 Å². The molecular formula is C18H11Cl3F7N5.